The normalized spacial score (nSPS) is 25.4. The number of hydrogen-bond donors (Lipinski definition) is 2. The molecule has 0 radical (unpaired) electrons. The summed E-state index contributed by atoms with van der Waals surface area (Å²) in [6.07, 6.45) is -3.12. The van der Waals surface area contributed by atoms with Crippen LogP contribution in [0.2, 0.25) is 0 Å². The molecule has 0 aliphatic heterocycles. The van der Waals surface area contributed by atoms with Gasteiger partial charge in [0.2, 0.25) is 11.8 Å². The van der Waals surface area contributed by atoms with Crippen LogP contribution >= 0.6 is 0 Å². The number of primary amides is 1. The molecule has 2 atom stereocenters. The molecule has 17 heavy (non-hydrogen) atoms. The summed E-state index contributed by atoms with van der Waals surface area (Å²) in [6.45, 7) is -0.417. The lowest BCUT2D eigenvalue weighted by atomic mass is 9.78. The first kappa shape index (κ1) is 13.8. The molecule has 2 amide bonds. The molecular weight excluding hydrogens is 237 g/mol. The minimum absolute atomic E-state index is 0.0296. The highest BCUT2D eigenvalue weighted by atomic mass is 19.4. The molecule has 0 bridgehead atoms. The Morgan fingerprint density at radius 2 is 1.82 bits per heavy atom. The minimum Gasteiger partial charge on any atom is -0.368 e. The van der Waals surface area contributed by atoms with Crippen LogP contribution < -0.4 is 11.1 Å². The number of amides is 2. The third-order valence-corrected chi connectivity index (χ3v) is 2.96. The zero-order valence-electron chi connectivity index (χ0n) is 9.22. The molecule has 0 saturated heterocycles. The predicted octanol–water partition coefficient (Wildman–Crippen LogP) is 0.957. The summed E-state index contributed by atoms with van der Waals surface area (Å²) >= 11 is 0. The van der Waals surface area contributed by atoms with Gasteiger partial charge in [-0.05, 0) is 12.8 Å². The van der Waals surface area contributed by atoms with E-state index in [-0.39, 0.29) is 12.8 Å². The molecule has 2 unspecified atom stereocenters. The molecule has 1 aliphatic rings. The summed E-state index contributed by atoms with van der Waals surface area (Å²) in [4.78, 5) is 22.0. The van der Waals surface area contributed by atoms with Gasteiger partial charge >= 0.3 is 6.18 Å². The Kier molecular flexibility index (Phi) is 4.36. The molecule has 1 rings (SSSR count). The van der Waals surface area contributed by atoms with Crippen molar-refractivity contribution in [1.82, 2.24) is 5.32 Å². The van der Waals surface area contributed by atoms with Crippen molar-refractivity contribution in [3.8, 4) is 0 Å². The first-order valence-corrected chi connectivity index (χ1v) is 5.45. The second-order valence-corrected chi connectivity index (χ2v) is 4.22. The Morgan fingerprint density at radius 1 is 1.24 bits per heavy atom. The first-order chi connectivity index (χ1) is 7.82. The van der Waals surface area contributed by atoms with Gasteiger partial charge in [0.15, 0.2) is 0 Å². The van der Waals surface area contributed by atoms with Crippen LogP contribution in [-0.2, 0) is 9.59 Å². The molecule has 3 N–H and O–H groups in total. The van der Waals surface area contributed by atoms with Crippen LogP contribution in [0.4, 0.5) is 13.2 Å². The zero-order chi connectivity index (χ0) is 13.1. The van der Waals surface area contributed by atoms with Crippen LogP contribution in [0.15, 0.2) is 0 Å². The third kappa shape index (κ3) is 3.90. The fraction of sp³-hybridized carbons (Fsp3) is 0.800. The second kappa shape index (κ2) is 5.37. The molecule has 0 spiro atoms. The highest BCUT2D eigenvalue weighted by Crippen LogP contribution is 2.41. The number of halogens is 3. The lowest BCUT2D eigenvalue weighted by Gasteiger charge is -2.31. The molecule has 7 heteroatoms. The van der Waals surface area contributed by atoms with E-state index in [1.54, 1.807) is 0 Å². The standard InChI is InChI=1S/C10H15F3N2O2/c11-10(12,13)7-4-2-1-3-6(7)9(17)15-5-8(14)16/h6-7H,1-5H2,(H2,14,16)(H,15,17). The molecule has 0 aromatic rings. The van der Waals surface area contributed by atoms with Gasteiger partial charge in [0, 0.05) is 5.92 Å². The van der Waals surface area contributed by atoms with E-state index < -0.39 is 36.4 Å². The van der Waals surface area contributed by atoms with Crippen molar-refractivity contribution in [2.45, 2.75) is 31.9 Å². The summed E-state index contributed by atoms with van der Waals surface area (Å²) in [5.41, 5.74) is 4.81. The maximum atomic E-state index is 12.7. The number of rotatable bonds is 3. The van der Waals surface area contributed by atoms with Crippen molar-refractivity contribution in [1.29, 1.82) is 0 Å². The van der Waals surface area contributed by atoms with Gasteiger partial charge in [-0.3, -0.25) is 9.59 Å². The van der Waals surface area contributed by atoms with Gasteiger partial charge < -0.3 is 11.1 Å². The first-order valence-electron chi connectivity index (χ1n) is 5.45. The Labute approximate surface area is 96.7 Å². The van der Waals surface area contributed by atoms with E-state index in [9.17, 15) is 22.8 Å². The topological polar surface area (TPSA) is 72.2 Å². The molecule has 0 aromatic heterocycles. The lowest BCUT2D eigenvalue weighted by Crippen LogP contribution is -2.44. The summed E-state index contributed by atoms with van der Waals surface area (Å²) in [7, 11) is 0. The van der Waals surface area contributed by atoms with E-state index in [1.807, 2.05) is 0 Å². The molecular formula is C10H15F3N2O2. The Bertz CT molecular complexity index is 304. The van der Waals surface area contributed by atoms with Crippen molar-refractivity contribution in [2.24, 2.45) is 17.6 Å². The van der Waals surface area contributed by atoms with Crippen molar-refractivity contribution in [2.75, 3.05) is 6.54 Å². The van der Waals surface area contributed by atoms with Crippen molar-refractivity contribution < 1.29 is 22.8 Å². The minimum atomic E-state index is -4.37. The van der Waals surface area contributed by atoms with E-state index in [4.69, 9.17) is 5.73 Å². The number of hydrogen-bond acceptors (Lipinski definition) is 2. The van der Waals surface area contributed by atoms with Gasteiger partial charge in [-0.15, -0.1) is 0 Å². The summed E-state index contributed by atoms with van der Waals surface area (Å²) in [5.74, 6) is -4.20. The van der Waals surface area contributed by atoms with E-state index >= 15 is 0 Å². The van der Waals surface area contributed by atoms with E-state index in [2.05, 4.69) is 5.32 Å². The highest BCUT2D eigenvalue weighted by molar-refractivity contribution is 5.85. The quantitative estimate of drug-likeness (QED) is 0.785. The van der Waals surface area contributed by atoms with Gasteiger partial charge in [0.25, 0.3) is 0 Å². The fourth-order valence-electron chi connectivity index (χ4n) is 2.14. The molecule has 1 fully saturated rings. The van der Waals surface area contributed by atoms with E-state index in [1.165, 1.54) is 0 Å². The maximum Gasteiger partial charge on any atom is 0.392 e. The molecule has 0 heterocycles. The molecule has 0 aromatic carbocycles. The van der Waals surface area contributed by atoms with Gasteiger partial charge in [-0.25, -0.2) is 0 Å². The maximum absolute atomic E-state index is 12.7. The average molecular weight is 252 g/mol. The zero-order valence-corrected chi connectivity index (χ0v) is 9.22. The van der Waals surface area contributed by atoms with Crippen LogP contribution in [0.5, 0.6) is 0 Å². The molecule has 98 valence electrons. The smallest absolute Gasteiger partial charge is 0.368 e. The number of nitrogens with one attached hydrogen (secondary N) is 1. The van der Waals surface area contributed by atoms with Crippen molar-refractivity contribution in [3.05, 3.63) is 0 Å². The SMILES string of the molecule is NC(=O)CNC(=O)C1CCCCC1C(F)(F)F. The van der Waals surface area contributed by atoms with Crippen LogP contribution in [0.25, 0.3) is 0 Å². The monoisotopic (exact) mass is 252 g/mol. The van der Waals surface area contributed by atoms with Crippen LogP contribution in [0, 0.1) is 11.8 Å². The van der Waals surface area contributed by atoms with Gasteiger partial charge in [0.1, 0.15) is 0 Å². The summed E-state index contributed by atoms with van der Waals surface area (Å²) in [5, 5.41) is 2.14. The second-order valence-electron chi connectivity index (χ2n) is 4.22. The number of carbonyl (C=O) groups is 2. The van der Waals surface area contributed by atoms with Crippen molar-refractivity contribution >= 4 is 11.8 Å². The Balaban J connectivity index is 2.64. The Hall–Kier alpha value is -1.27. The summed E-state index contributed by atoms with van der Waals surface area (Å²) < 4.78 is 38.0. The van der Waals surface area contributed by atoms with Gasteiger partial charge in [0.05, 0.1) is 12.5 Å². The number of alkyl halides is 3. The average Bonchev–Trinajstić information content (AvgIpc) is 2.24. The number of nitrogens with two attached hydrogens (primary N) is 1. The van der Waals surface area contributed by atoms with E-state index in [0.717, 1.165) is 0 Å². The molecule has 4 nitrogen and oxygen atoms in total. The van der Waals surface area contributed by atoms with Crippen LogP contribution in [0.1, 0.15) is 25.7 Å². The highest BCUT2D eigenvalue weighted by Gasteiger charge is 2.47. The van der Waals surface area contributed by atoms with Crippen molar-refractivity contribution in [3.63, 3.8) is 0 Å². The lowest BCUT2D eigenvalue weighted by molar-refractivity contribution is -0.198. The Morgan fingerprint density at radius 3 is 2.35 bits per heavy atom. The molecule has 1 aliphatic carbocycles. The van der Waals surface area contributed by atoms with Gasteiger partial charge in [-0.2, -0.15) is 13.2 Å². The third-order valence-electron chi connectivity index (χ3n) is 2.96. The van der Waals surface area contributed by atoms with Crippen LogP contribution in [0.3, 0.4) is 0 Å². The fourth-order valence-corrected chi connectivity index (χ4v) is 2.14. The largest absolute Gasteiger partial charge is 0.392 e. The number of carbonyl (C=O) groups excluding carboxylic acids is 2. The van der Waals surface area contributed by atoms with E-state index in [0.29, 0.717) is 12.8 Å². The molecule has 1 saturated carbocycles. The van der Waals surface area contributed by atoms with Crippen LogP contribution in [-0.4, -0.2) is 24.5 Å². The summed E-state index contributed by atoms with van der Waals surface area (Å²) in [6, 6.07) is 0. The van der Waals surface area contributed by atoms with Gasteiger partial charge in [-0.1, -0.05) is 12.8 Å². The predicted molar refractivity (Wildman–Crippen MR) is 53.7 cm³/mol.